The first-order chi connectivity index (χ1) is 14.5. The molecule has 4 rings (SSSR count). The minimum absolute atomic E-state index is 0.00248. The minimum Gasteiger partial charge on any atom is -0.455 e. The molecule has 1 fully saturated rings. The number of hydrogen-bond donors (Lipinski definition) is 2. The van der Waals surface area contributed by atoms with Gasteiger partial charge in [-0.3, -0.25) is 10.2 Å². The van der Waals surface area contributed by atoms with E-state index in [2.05, 4.69) is 22.8 Å². The normalized spacial score (nSPS) is 20.0. The van der Waals surface area contributed by atoms with Crippen LogP contribution < -0.4 is 10.7 Å². The first-order valence-corrected chi connectivity index (χ1v) is 11.1. The third-order valence-electron chi connectivity index (χ3n) is 5.91. The Morgan fingerprint density at radius 3 is 2.77 bits per heavy atom. The van der Waals surface area contributed by atoms with Crippen LogP contribution in [0, 0.1) is 6.92 Å². The van der Waals surface area contributed by atoms with Gasteiger partial charge in [0, 0.05) is 35.8 Å². The van der Waals surface area contributed by atoms with Crippen molar-refractivity contribution in [3.05, 3.63) is 53.0 Å². The number of benzene rings is 1. The van der Waals surface area contributed by atoms with Crippen molar-refractivity contribution in [2.24, 2.45) is 5.10 Å². The highest BCUT2D eigenvalue weighted by Gasteiger charge is 2.32. The Hall–Kier alpha value is -2.67. The second kappa shape index (κ2) is 9.00. The highest BCUT2D eigenvalue weighted by molar-refractivity contribution is 7.80. The number of carbonyl (C=O) groups excluding carboxylic acids is 1. The van der Waals surface area contributed by atoms with E-state index >= 15 is 0 Å². The molecular weight excluding hydrogens is 396 g/mol. The van der Waals surface area contributed by atoms with Crippen LogP contribution in [0.4, 0.5) is 5.69 Å². The molecule has 2 N–H and O–H groups in total. The Labute approximate surface area is 182 Å². The molecule has 0 bridgehead atoms. The average Bonchev–Trinajstić information content (AvgIpc) is 3.10. The van der Waals surface area contributed by atoms with Gasteiger partial charge in [-0.15, -0.1) is 0 Å². The number of hydrazone groups is 1. The maximum atomic E-state index is 13.2. The molecule has 158 valence electrons. The fourth-order valence-electron chi connectivity index (χ4n) is 4.31. The van der Waals surface area contributed by atoms with E-state index in [1.54, 1.807) is 0 Å². The summed E-state index contributed by atoms with van der Waals surface area (Å²) in [7, 11) is 0. The number of aryl methyl sites for hydroxylation is 1. The van der Waals surface area contributed by atoms with Crippen LogP contribution in [0.5, 0.6) is 0 Å². The van der Waals surface area contributed by atoms with Crippen molar-refractivity contribution in [3.8, 4) is 0 Å². The maximum Gasteiger partial charge on any atom is 0.290 e. The van der Waals surface area contributed by atoms with E-state index < -0.39 is 0 Å². The van der Waals surface area contributed by atoms with Crippen LogP contribution in [0.3, 0.4) is 0 Å². The summed E-state index contributed by atoms with van der Waals surface area (Å²) in [6.07, 6.45) is 5.86. The molecule has 2 heterocycles. The van der Waals surface area contributed by atoms with Crippen LogP contribution in [0.15, 0.2) is 39.9 Å². The van der Waals surface area contributed by atoms with Gasteiger partial charge in [0.05, 0.1) is 5.71 Å². The molecule has 2 aliphatic rings. The van der Waals surface area contributed by atoms with Crippen molar-refractivity contribution in [2.45, 2.75) is 58.4 Å². The van der Waals surface area contributed by atoms with E-state index in [0.29, 0.717) is 10.9 Å². The lowest BCUT2D eigenvalue weighted by Crippen LogP contribution is -2.42. The van der Waals surface area contributed by atoms with E-state index in [0.717, 1.165) is 66.9 Å². The summed E-state index contributed by atoms with van der Waals surface area (Å²) >= 11 is 5.37. The number of thiocarbonyl (C=S) groups is 1. The highest BCUT2D eigenvalue weighted by atomic mass is 32.1. The van der Waals surface area contributed by atoms with Gasteiger partial charge < -0.3 is 14.6 Å². The number of piperidine rings is 1. The summed E-state index contributed by atoms with van der Waals surface area (Å²) in [6.45, 7) is 4.88. The number of carbonyl (C=O) groups is 1. The van der Waals surface area contributed by atoms with E-state index in [9.17, 15) is 4.79 Å². The second-order valence-electron chi connectivity index (χ2n) is 8.04. The summed E-state index contributed by atoms with van der Waals surface area (Å²) in [5.41, 5.74) is 6.59. The lowest BCUT2D eigenvalue weighted by atomic mass is 9.93. The molecule has 6 nitrogen and oxygen atoms in total. The zero-order valence-corrected chi connectivity index (χ0v) is 18.3. The number of fused-ring (bicyclic) bond motifs is 1. The minimum atomic E-state index is 0.00248. The van der Waals surface area contributed by atoms with E-state index in [1.807, 2.05) is 42.2 Å². The topological polar surface area (TPSA) is 69.9 Å². The Balaban J connectivity index is 1.53. The fraction of sp³-hybridized carbons (Fsp3) is 0.435. The summed E-state index contributed by atoms with van der Waals surface area (Å²) in [5.74, 6) is 1.32. The molecule has 0 spiro atoms. The first-order valence-electron chi connectivity index (χ1n) is 10.7. The van der Waals surface area contributed by atoms with E-state index in [1.165, 1.54) is 6.42 Å². The molecular formula is C23H28N4O2S. The second-order valence-corrected chi connectivity index (χ2v) is 8.45. The van der Waals surface area contributed by atoms with Crippen molar-refractivity contribution >= 4 is 34.6 Å². The standard InChI is InChI=1S/C23H28N4O2S/c1-15-9-6-7-14-27(15)22(28)21-16(2)20-18(12-8-13-19(20)29-21)25-26-23(30)24-17-10-4-3-5-11-17/h3-5,10-11,15H,6-9,12-14H2,1-2H3,(H2,24,26,30)/b25-18+. The molecule has 1 aromatic carbocycles. The molecule has 1 atom stereocenters. The lowest BCUT2D eigenvalue weighted by Gasteiger charge is -2.32. The molecule has 7 heteroatoms. The van der Waals surface area contributed by atoms with Gasteiger partial charge in [-0.05, 0) is 70.3 Å². The fourth-order valence-corrected chi connectivity index (χ4v) is 4.48. The number of hydrogen-bond acceptors (Lipinski definition) is 4. The van der Waals surface area contributed by atoms with Gasteiger partial charge in [0.1, 0.15) is 5.76 Å². The smallest absolute Gasteiger partial charge is 0.290 e. The van der Waals surface area contributed by atoms with Crippen LogP contribution >= 0.6 is 12.2 Å². The lowest BCUT2D eigenvalue weighted by molar-refractivity contribution is 0.0600. The zero-order chi connectivity index (χ0) is 21.1. The van der Waals surface area contributed by atoms with Gasteiger partial charge in [-0.25, -0.2) is 0 Å². The number of amides is 1. The maximum absolute atomic E-state index is 13.2. The van der Waals surface area contributed by atoms with Crippen molar-refractivity contribution in [3.63, 3.8) is 0 Å². The van der Waals surface area contributed by atoms with Crippen molar-refractivity contribution in [1.82, 2.24) is 10.3 Å². The summed E-state index contributed by atoms with van der Waals surface area (Å²) in [5, 5.41) is 8.11. The number of nitrogens with one attached hydrogen (secondary N) is 2. The first kappa shape index (κ1) is 20.6. The summed E-state index contributed by atoms with van der Waals surface area (Å²) in [4.78, 5) is 15.1. The Kier molecular flexibility index (Phi) is 6.18. The average molecular weight is 425 g/mol. The molecule has 30 heavy (non-hydrogen) atoms. The van der Waals surface area contributed by atoms with Crippen LogP contribution in [-0.2, 0) is 6.42 Å². The van der Waals surface area contributed by atoms with Crippen molar-refractivity contribution < 1.29 is 9.21 Å². The van der Waals surface area contributed by atoms with E-state index in [4.69, 9.17) is 16.6 Å². The van der Waals surface area contributed by atoms with Crippen molar-refractivity contribution in [1.29, 1.82) is 0 Å². The Morgan fingerprint density at radius 2 is 2.00 bits per heavy atom. The summed E-state index contributed by atoms with van der Waals surface area (Å²) < 4.78 is 6.08. The number of rotatable bonds is 3. The molecule has 1 unspecified atom stereocenters. The number of anilines is 1. The van der Waals surface area contributed by atoms with Crippen LogP contribution in [0.2, 0.25) is 0 Å². The Morgan fingerprint density at radius 1 is 1.20 bits per heavy atom. The molecule has 0 radical (unpaired) electrons. The van der Waals surface area contributed by atoms with Gasteiger partial charge in [-0.1, -0.05) is 18.2 Å². The molecule has 1 saturated heterocycles. The van der Waals surface area contributed by atoms with Crippen LogP contribution in [0.25, 0.3) is 0 Å². The number of para-hydroxylation sites is 1. The molecule has 0 saturated carbocycles. The zero-order valence-electron chi connectivity index (χ0n) is 17.5. The largest absolute Gasteiger partial charge is 0.455 e. The van der Waals surface area contributed by atoms with E-state index in [-0.39, 0.29) is 11.9 Å². The van der Waals surface area contributed by atoms with Gasteiger partial charge in [0.15, 0.2) is 10.9 Å². The quantitative estimate of drug-likeness (QED) is 0.555. The third kappa shape index (κ3) is 4.26. The summed E-state index contributed by atoms with van der Waals surface area (Å²) in [6, 6.07) is 9.99. The number of furan rings is 1. The molecule has 1 aliphatic carbocycles. The number of nitrogens with zero attached hydrogens (tertiary/aromatic N) is 2. The SMILES string of the molecule is Cc1c(C(=O)N2CCCCC2C)oc2c1/C(=N/NC(=S)Nc1ccccc1)CCC2. The molecule has 2 aromatic rings. The number of likely N-dealkylation sites (tertiary alicyclic amines) is 1. The van der Waals surface area contributed by atoms with Crippen LogP contribution in [-0.4, -0.2) is 34.2 Å². The van der Waals surface area contributed by atoms with Crippen molar-refractivity contribution in [2.75, 3.05) is 11.9 Å². The molecule has 1 aromatic heterocycles. The van der Waals surface area contributed by atoms with Gasteiger partial charge in [0.25, 0.3) is 5.91 Å². The Bertz CT molecular complexity index is 967. The third-order valence-corrected chi connectivity index (χ3v) is 6.10. The van der Waals surface area contributed by atoms with Gasteiger partial charge in [-0.2, -0.15) is 5.10 Å². The van der Waals surface area contributed by atoms with Gasteiger partial charge in [0.2, 0.25) is 0 Å². The monoisotopic (exact) mass is 424 g/mol. The van der Waals surface area contributed by atoms with Crippen LogP contribution in [0.1, 0.15) is 66.5 Å². The molecule has 1 aliphatic heterocycles. The molecule has 1 amide bonds. The highest BCUT2D eigenvalue weighted by Crippen LogP contribution is 2.31. The van der Waals surface area contributed by atoms with Gasteiger partial charge >= 0.3 is 0 Å². The predicted octanol–water partition coefficient (Wildman–Crippen LogP) is 4.63. The predicted molar refractivity (Wildman–Crippen MR) is 123 cm³/mol.